The zero-order chi connectivity index (χ0) is 33.2. The Labute approximate surface area is 258 Å². The Morgan fingerprint density at radius 3 is 2.44 bits per heavy atom. The van der Waals surface area contributed by atoms with Gasteiger partial charge in [0.2, 0.25) is 12.2 Å². The smallest absolute Gasteiger partial charge is 0.446 e. The van der Waals surface area contributed by atoms with E-state index in [0.29, 0.717) is 24.3 Å². The van der Waals surface area contributed by atoms with Crippen molar-refractivity contribution in [1.82, 2.24) is 10.2 Å². The number of benzene rings is 1. The number of aliphatic carboxylic acids is 1. The molecule has 0 bridgehead atoms. The fourth-order valence-electron chi connectivity index (χ4n) is 6.19. The quantitative estimate of drug-likeness (QED) is 0.205. The number of carboxylic acid groups (broad SMARTS) is 1. The molecule has 1 aromatic carbocycles. The number of amides is 1. The van der Waals surface area contributed by atoms with E-state index in [1.165, 1.54) is 6.92 Å². The molecule has 2 aliphatic heterocycles. The molecule has 6 atom stereocenters. The number of hydrogen-bond donors (Lipinski definition) is 5. The Kier molecular flexibility index (Phi) is 11.9. The molecule has 252 valence electrons. The van der Waals surface area contributed by atoms with Crippen LogP contribution in [0.4, 0.5) is 13.2 Å². The number of piperidine rings is 1. The molecule has 0 aromatic heterocycles. The number of carbonyl (C=O) groups excluding carboxylic acids is 3. The normalized spacial score (nSPS) is 26.5. The van der Waals surface area contributed by atoms with Crippen LogP contribution in [0, 0.1) is 6.92 Å². The summed E-state index contributed by atoms with van der Waals surface area (Å²) in [6, 6.07) is 2.06. The zero-order valence-corrected chi connectivity index (χ0v) is 24.7. The van der Waals surface area contributed by atoms with Crippen molar-refractivity contribution in [2.45, 2.75) is 102 Å². The summed E-state index contributed by atoms with van der Waals surface area (Å²) in [5.41, 5.74) is 0.116. The SMILES string of the molecule is C.Cc1ccc(CO)c2c1[C@]13CCN(C)[C@H](C)[C@]1(O)CC=C(OC(=O)CC[C@H](NC(=O)[C@H](C)O)C(=O)O)[C@@H]3O2.O=CC(F)(F)F. The van der Waals surface area contributed by atoms with E-state index < -0.39 is 59.6 Å². The highest BCUT2D eigenvalue weighted by atomic mass is 19.4. The number of likely N-dealkylation sites (N-methyl/N-ethyl adjacent to an activating group) is 1. The van der Waals surface area contributed by atoms with E-state index in [0.717, 1.165) is 11.1 Å². The third kappa shape index (κ3) is 7.32. The molecular formula is C30H41F3N2O10. The van der Waals surface area contributed by atoms with Crippen LogP contribution in [-0.4, -0.2) is 99.1 Å². The summed E-state index contributed by atoms with van der Waals surface area (Å²) < 4.78 is 43.4. The van der Waals surface area contributed by atoms with E-state index in [-0.39, 0.29) is 45.1 Å². The summed E-state index contributed by atoms with van der Waals surface area (Å²) in [5, 5.41) is 43.2. The number of alkyl halides is 3. The molecule has 15 heteroatoms. The van der Waals surface area contributed by atoms with Gasteiger partial charge in [-0.05, 0) is 58.8 Å². The third-order valence-electron chi connectivity index (χ3n) is 8.60. The molecule has 1 aromatic rings. The van der Waals surface area contributed by atoms with Crippen molar-refractivity contribution in [2.24, 2.45) is 0 Å². The van der Waals surface area contributed by atoms with Gasteiger partial charge in [-0.1, -0.05) is 19.6 Å². The lowest BCUT2D eigenvalue weighted by atomic mass is 9.54. The van der Waals surface area contributed by atoms with E-state index in [1.807, 2.05) is 27.0 Å². The maximum absolute atomic E-state index is 12.9. The van der Waals surface area contributed by atoms with Gasteiger partial charge in [0.05, 0.1) is 17.6 Å². The fourth-order valence-corrected chi connectivity index (χ4v) is 6.19. The second kappa shape index (κ2) is 14.3. The monoisotopic (exact) mass is 646 g/mol. The second-order valence-electron chi connectivity index (χ2n) is 11.3. The molecule has 0 unspecified atom stereocenters. The van der Waals surface area contributed by atoms with Crippen LogP contribution < -0.4 is 10.1 Å². The van der Waals surface area contributed by atoms with Gasteiger partial charge in [-0.2, -0.15) is 13.2 Å². The standard InChI is InChI=1S/C27H36N2O9.C2HF3O.CH4/c1-14-5-6-17(13-30)22-21(14)26-11-12-29(4)16(3)27(26,36)10-9-19(23(26)38-22)37-20(32)8-7-18(25(34)35)28-24(33)15(2)31;3-2(4,5)1-6;/h5-6,9,15-16,18,23,30-31,36H,7-8,10-13H2,1-4H3,(H,28,33)(H,34,35);1H;1H4/t15-,16+,18-,23-,26-,27+;;/m0../s1. The molecule has 2 heterocycles. The number of aliphatic hydroxyl groups is 3. The van der Waals surface area contributed by atoms with Gasteiger partial charge in [0.1, 0.15) is 23.7 Å². The van der Waals surface area contributed by atoms with Crippen LogP contribution in [0.3, 0.4) is 0 Å². The largest absolute Gasteiger partial charge is 0.481 e. The molecule has 1 amide bonds. The van der Waals surface area contributed by atoms with Crippen molar-refractivity contribution in [3.05, 3.63) is 40.7 Å². The number of rotatable bonds is 8. The van der Waals surface area contributed by atoms with Crippen molar-refractivity contribution in [3.8, 4) is 5.75 Å². The van der Waals surface area contributed by atoms with Crippen LogP contribution in [0.2, 0.25) is 0 Å². The van der Waals surface area contributed by atoms with Crippen molar-refractivity contribution < 1.29 is 62.2 Å². The van der Waals surface area contributed by atoms with Crippen LogP contribution in [-0.2, 0) is 35.9 Å². The van der Waals surface area contributed by atoms with Crippen LogP contribution >= 0.6 is 0 Å². The van der Waals surface area contributed by atoms with E-state index >= 15 is 0 Å². The average molecular weight is 647 g/mol. The summed E-state index contributed by atoms with van der Waals surface area (Å²) >= 11 is 0. The van der Waals surface area contributed by atoms with Crippen LogP contribution in [0.5, 0.6) is 5.75 Å². The number of likely N-dealkylation sites (tertiary alicyclic amines) is 1. The Bertz CT molecular complexity index is 1320. The molecular weight excluding hydrogens is 605 g/mol. The number of halogens is 3. The van der Waals surface area contributed by atoms with Crippen LogP contribution in [0.25, 0.3) is 0 Å². The maximum Gasteiger partial charge on any atom is 0.446 e. The fraction of sp³-hybridized carbons (Fsp3) is 0.600. The Morgan fingerprint density at radius 1 is 1.29 bits per heavy atom. The summed E-state index contributed by atoms with van der Waals surface area (Å²) in [6.07, 6.45) is -6.09. The predicted octanol–water partition coefficient (Wildman–Crippen LogP) is 1.89. The van der Waals surface area contributed by atoms with Crippen molar-refractivity contribution in [3.63, 3.8) is 0 Å². The zero-order valence-electron chi connectivity index (χ0n) is 24.7. The van der Waals surface area contributed by atoms with Crippen LogP contribution in [0.1, 0.15) is 63.6 Å². The van der Waals surface area contributed by atoms with Gasteiger partial charge in [0.25, 0.3) is 0 Å². The first-order valence-corrected chi connectivity index (χ1v) is 13.9. The molecule has 0 radical (unpaired) electrons. The number of ether oxygens (including phenoxy) is 2. The number of aliphatic hydroxyl groups excluding tert-OH is 2. The summed E-state index contributed by atoms with van der Waals surface area (Å²) in [5.74, 6) is -2.19. The van der Waals surface area contributed by atoms with Gasteiger partial charge < -0.3 is 40.1 Å². The van der Waals surface area contributed by atoms with E-state index in [4.69, 9.17) is 14.3 Å². The van der Waals surface area contributed by atoms with Gasteiger partial charge in [0, 0.05) is 30.0 Å². The average Bonchev–Trinajstić information content (AvgIpc) is 3.32. The number of esters is 1. The lowest BCUT2D eigenvalue weighted by Gasteiger charge is -2.58. The second-order valence-corrected chi connectivity index (χ2v) is 11.3. The topological polar surface area (TPSA) is 183 Å². The summed E-state index contributed by atoms with van der Waals surface area (Å²) in [4.78, 5) is 46.9. The van der Waals surface area contributed by atoms with E-state index in [2.05, 4.69) is 10.2 Å². The lowest BCUT2D eigenvalue weighted by molar-refractivity contribution is -0.162. The third-order valence-corrected chi connectivity index (χ3v) is 8.60. The highest BCUT2D eigenvalue weighted by molar-refractivity contribution is 5.86. The number of nitrogens with zero attached hydrogens (tertiary/aromatic N) is 1. The molecule has 4 rings (SSSR count). The van der Waals surface area contributed by atoms with Crippen LogP contribution in [0.15, 0.2) is 24.0 Å². The Hall–Kier alpha value is -3.53. The Balaban J connectivity index is 0.000000918. The van der Waals surface area contributed by atoms with Crippen molar-refractivity contribution in [1.29, 1.82) is 0 Å². The number of nitrogens with one attached hydrogen (secondary N) is 1. The first-order chi connectivity index (χ1) is 20.4. The molecule has 5 N–H and O–H groups in total. The minimum atomic E-state index is -4.64. The van der Waals surface area contributed by atoms with Gasteiger partial charge in [-0.25, -0.2) is 4.79 Å². The Morgan fingerprint density at radius 2 is 1.91 bits per heavy atom. The lowest BCUT2D eigenvalue weighted by Crippen LogP contribution is -2.71. The van der Waals surface area contributed by atoms with E-state index in [1.54, 1.807) is 12.1 Å². The minimum Gasteiger partial charge on any atom is -0.481 e. The first kappa shape index (κ1) is 37.7. The molecule has 12 nitrogen and oxygen atoms in total. The number of aryl methyl sites for hydroxylation is 1. The molecule has 3 aliphatic rings. The number of carboxylic acids is 1. The summed E-state index contributed by atoms with van der Waals surface area (Å²) in [6.45, 7) is 5.51. The molecule has 1 saturated heterocycles. The molecule has 0 saturated carbocycles. The van der Waals surface area contributed by atoms with Crippen molar-refractivity contribution >= 4 is 24.1 Å². The minimum absolute atomic E-state index is 0. The number of hydrogen-bond acceptors (Lipinski definition) is 10. The highest BCUT2D eigenvalue weighted by Gasteiger charge is 2.69. The number of aldehydes is 1. The summed E-state index contributed by atoms with van der Waals surface area (Å²) in [7, 11) is 1.95. The maximum atomic E-state index is 12.9. The van der Waals surface area contributed by atoms with Gasteiger partial charge in [0.15, 0.2) is 6.10 Å². The van der Waals surface area contributed by atoms with Gasteiger partial charge in [-0.15, -0.1) is 0 Å². The highest BCUT2D eigenvalue weighted by Crippen LogP contribution is 2.61. The van der Waals surface area contributed by atoms with Gasteiger partial charge in [-0.3, -0.25) is 14.4 Å². The van der Waals surface area contributed by atoms with Gasteiger partial charge >= 0.3 is 18.1 Å². The van der Waals surface area contributed by atoms with Crippen molar-refractivity contribution in [2.75, 3.05) is 13.6 Å². The molecule has 1 fully saturated rings. The molecule has 45 heavy (non-hydrogen) atoms. The number of carbonyl (C=O) groups is 4. The van der Waals surface area contributed by atoms with E-state index in [9.17, 15) is 48.0 Å². The molecule has 1 aliphatic carbocycles. The molecule has 1 spiro atoms. The first-order valence-electron chi connectivity index (χ1n) is 13.9. The predicted molar refractivity (Wildman–Crippen MR) is 153 cm³/mol. The number of fused-ring (bicyclic) bond motifs is 1.